The first-order chi connectivity index (χ1) is 19.5. The predicted molar refractivity (Wildman–Crippen MR) is 158 cm³/mol. The maximum absolute atomic E-state index is 12.9. The third-order valence-corrected chi connectivity index (χ3v) is 10.1. The lowest BCUT2D eigenvalue weighted by Crippen LogP contribution is -2.27. The van der Waals surface area contributed by atoms with E-state index in [-0.39, 0.29) is 6.04 Å². The predicted octanol–water partition coefficient (Wildman–Crippen LogP) is 5.97. The summed E-state index contributed by atoms with van der Waals surface area (Å²) in [5.41, 5.74) is 4.76. The Bertz CT molecular complexity index is 1610. The van der Waals surface area contributed by atoms with Gasteiger partial charge >= 0.3 is 0 Å². The molecular formula is C30H30N4O4S2. The molecule has 4 aromatic rings. The lowest BCUT2D eigenvalue weighted by Gasteiger charge is -2.21. The summed E-state index contributed by atoms with van der Waals surface area (Å²) in [6.07, 6.45) is 2.54. The first-order valence-electron chi connectivity index (χ1n) is 13.2. The van der Waals surface area contributed by atoms with E-state index in [2.05, 4.69) is 12.1 Å². The normalized spacial score (nSPS) is 17.7. The highest BCUT2D eigenvalue weighted by Gasteiger charge is 2.32. The molecule has 0 spiro atoms. The Morgan fingerprint density at radius 2 is 1.43 bits per heavy atom. The fraction of sp³-hybridized carbons (Fsp3) is 0.267. The van der Waals surface area contributed by atoms with Gasteiger partial charge in [-0.25, -0.2) is 18.4 Å². The summed E-state index contributed by atoms with van der Waals surface area (Å²) in [6.45, 7) is 1.17. The van der Waals surface area contributed by atoms with E-state index in [0.717, 1.165) is 64.0 Å². The van der Waals surface area contributed by atoms with E-state index >= 15 is 0 Å². The second-order valence-corrected chi connectivity index (χ2v) is 12.5. The van der Waals surface area contributed by atoms with Crippen LogP contribution in [-0.4, -0.2) is 50.7 Å². The Morgan fingerprint density at radius 3 is 2.05 bits per heavy atom. The molecule has 40 heavy (non-hydrogen) atoms. The minimum absolute atomic E-state index is 0.0324. The monoisotopic (exact) mass is 574 g/mol. The minimum atomic E-state index is -3.45. The molecule has 0 N–H and O–H groups in total. The van der Waals surface area contributed by atoms with Crippen molar-refractivity contribution in [1.82, 2.24) is 9.29 Å². The molecule has 2 aliphatic heterocycles. The molecule has 6 rings (SSSR count). The molecule has 1 atom stereocenters. The van der Waals surface area contributed by atoms with E-state index < -0.39 is 10.0 Å². The van der Waals surface area contributed by atoms with Gasteiger partial charge in [0.15, 0.2) is 0 Å². The first kappa shape index (κ1) is 26.5. The molecule has 0 amide bonds. The number of anilines is 1. The number of nitrogens with zero attached hydrogens (tertiary/aromatic N) is 4. The van der Waals surface area contributed by atoms with Crippen LogP contribution in [0.1, 0.15) is 36.4 Å². The molecule has 10 heteroatoms. The summed E-state index contributed by atoms with van der Waals surface area (Å²) in [6, 6.07) is 23.0. The molecule has 0 radical (unpaired) electrons. The fourth-order valence-electron chi connectivity index (χ4n) is 5.11. The maximum Gasteiger partial charge on any atom is 0.243 e. The lowest BCUT2D eigenvalue weighted by atomic mass is 9.98. The van der Waals surface area contributed by atoms with Gasteiger partial charge in [0.1, 0.15) is 11.5 Å². The third kappa shape index (κ3) is 5.10. The second kappa shape index (κ2) is 11.0. The zero-order valence-corrected chi connectivity index (χ0v) is 24.0. The van der Waals surface area contributed by atoms with Crippen molar-refractivity contribution in [2.75, 3.05) is 32.3 Å². The zero-order valence-electron chi connectivity index (χ0n) is 22.4. The van der Waals surface area contributed by atoms with Crippen LogP contribution in [0.5, 0.6) is 11.5 Å². The van der Waals surface area contributed by atoms with Gasteiger partial charge in [0.2, 0.25) is 15.2 Å². The van der Waals surface area contributed by atoms with Gasteiger partial charge in [-0.2, -0.15) is 9.41 Å². The molecule has 0 bridgehead atoms. The first-order valence-corrected chi connectivity index (χ1v) is 15.5. The van der Waals surface area contributed by atoms with Crippen LogP contribution in [0.3, 0.4) is 0 Å². The van der Waals surface area contributed by atoms with Gasteiger partial charge in [-0.05, 0) is 72.5 Å². The van der Waals surface area contributed by atoms with E-state index in [1.807, 2.05) is 58.9 Å². The molecule has 8 nitrogen and oxygen atoms in total. The van der Waals surface area contributed by atoms with Crippen LogP contribution < -0.4 is 14.5 Å². The number of hydrazone groups is 1. The Balaban J connectivity index is 1.30. The molecule has 0 aliphatic carbocycles. The number of ether oxygens (including phenoxy) is 2. The van der Waals surface area contributed by atoms with Crippen molar-refractivity contribution in [3.05, 3.63) is 89.3 Å². The van der Waals surface area contributed by atoms with Crippen LogP contribution in [0.4, 0.5) is 5.13 Å². The smallest absolute Gasteiger partial charge is 0.243 e. The van der Waals surface area contributed by atoms with Gasteiger partial charge in [0, 0.05) is 30.5 Å². The van der Waals surface area contributed by atoms with Crippen LogP contribution in [0.2, 0.25) is 0 Å². The fourth-order valence-corrected chi connectivity index (χ4v) is 7.46. The highest BCUT2D eigenvalue weighted by Crippen LogP contribution is 2.40. The minimum Gasteiger partial charge on any atom is -0.497 e. The van der Waals surface area contributed by atoms with Crippen molar-refractivity contribution >= 4 is 32.2 Å². The van der Waals surface area contributed by atoms with Gasteiger partial charge in [0.05, 0.1) is 36.6 Å². The topological polar surface area (TPSA) is 84.3 Å². The largest absolute Gasteiger partial charge is 0.497 e. The molecule has 0 unspecified atom stereocenters. The van der Waals surface area contributed by atoms with Crippen LogP contribution in [-0.2, 0) is 10.0 Å². The number of aromatic nitrogens is 1. The Labute approximate surface area is 238 Å². The molecule has 0 saturated carbocycles. The number of rotatable bonds is 8. The van der Waals surface area contributed by atoms with Crippen molar-refractivity contribution in [2.24, 2.45) is 5.10 Å². The van der Waals surface area contributed by atoms with Crippen molar-refractivity contribution in [2.45, 2.75) is 30.2 Å². The second-order valence-electron chi connectivity index (χ2n) is 9.76. The van der Waals surface area contributed by atoms with Gasteiger partial charge < -0.3 is 9.47 Å². The molecule has 1 fully saturated rings. The van der Waals surface area contributed by atoms with Gasteiger partial charge in [-0.15, -0.1) is 11.3 Å². The number of benzene rings is 3. The number of sulfonamides is 1. The van der Waals surface area contributed by atoms with Crippen LogP contribution >= 0.6 is 11.3 Å². The van der Waals surface area contributed by atoms with Crippen molar-refractivity contribution in [1.29, 1.82) is 0 Å². The van der Waals surface area contributed by atoms with E-state index in [1.54, 1.807) is 30.7 Å². The number of thiazole rings is 1. The summed E-state index contributed by atoms with van der Waals surface area (Å²) in [4.78, 5) is 5.25. The Morgan fingerprint density at radius 1 is 0.825 bits per heavy atom. The molecule has 2 aliphatic rings. The van der Waals surface area contributed by atoms with E-state index in [0.29, 0.717) is 18.0 Å². The summed E-state index contributed by atoms with van der Waals surface area (Å²) in [5.74, 6) is 1.60. The van der Waals surface area contributed by atoms with Gasteiger partial charge in [0.25, 0.3) is 0 Å². The molecular weight excluding hydrogens is 544 g/mol. The lowest BCUT2D eigenvalue weighted by molar-refractivity contribution is 0.414. The highest BCUT2D eigenvalue weighted by molar-refractivity contribution is 7.89. The molecule has 1 saturated heterocycles. The van der Waals surface area contributed by atoms with Crippen molar-refractivity contribution < 1.29 is 17.9 Å². The number of methoxy groups -OCH3 is 2. The summed E-state index contributed by atoms with van der Waals surface area (Å²) >= 11 is 1.52. The van der Waals surface area contributed by atoms with Gasteiger partial charge in [-0.1, -0.05) is 24.3 Å². The van der Waals surface area contributed by atoms with E-state index in [1.165, 1.54) is 11.3 Å². The third-order valence-electron chi connectivity index (χ3n) is 7.38. The van der Waals surface area contributed by atoms with Crippen LogP contribution in [0.25, 0.3) is 11.3 Å². The van der Waals surface area contributed by atoms with E-state index in [4.69, 9.17) is 19.6 Å². The molecule has 206 valence electrons. The highest BCUT2D eigenvalue weighted by atomic mass is 32.2. The Hall–Kier alpha value is -3.73. The average Bonchev–Trinajstić information content (AvgIpc) is 3.79. The Kier molecular flexibility index (Phi) is 7.31. The maximum atomic E-state index is 12.9. The number of hydrogen-bond acceptors (Lipinski definition) is 8. The molecule has 3 aromatic carbocycles. The summed E-state index contributed by atoms with van der Waals surface area (Å²) < 4.78 is 38.1. The zero-order chi connectivity index (χ0) is 27.7. The standard InChI is InChI=1S/C30H30N4O4S2/c1-37-24-11-5-21(6-12-24)27-19-29(23-7-13-25(38-2)14-8-23)34(32-27)30-31-28(20-39-30)22-9-15-26(16-10-22)40(35,36)33-17-3-4-18-33/h5-16,20,29H,3-4,17-19H2,1-2H3/t29-/m1/s1. The van der Waals surface area contributed by atoms with Crippen LogP contribution in [0, 0.1) is 0 Å². The molecule has 3 heterocycles. The van der Waals surface area contributed by atoms with Crippen LogP contribution in [0.15, 0.2) is 88.2 Å². The average molecular weight is 575 g/mol. The van der Waals surface area contributed by atoms with Crippen molar-refractivity contribution in [3.8, 4) is 22.8 Å². The summed E-state index contributed by atoms with van der Waals surface area (Å²) in [7, 11) is -0.136. The van der Waals surface area contributed by atoms with Crippen molar-refractivity contribution in [3.63, 3.8) is 0 Å². The quantitative estimate of drug-likeness (QED) is 0.258. The van der Waals surface area contributed by atoms with Gasteiger partial charge in [-0.3, -0.25) is 0 Å². The summed E-state index contributed by atoms with van der Waals surface area (Å²) in [5, 5.41) is 9.77. The SMILES string of the molecule is COc1ccc(C2=NN(c3nc(-c4ccc(S(=O)(=O)N5CCCC5)cc4)cs3)[C@@H](c3ccc(OC)cc3)C2)cc1. The molecule has 1 aromatic heterocycles. The number of hydrogen-bond donors (Lipinski definition) is 0. The van der Waals surface area contributed by atoms with E-state index in [9.17, 15) is 8.42 Å².